The molecule has 6 heteroatoms. The topological polar surface area (TPSA) is 76.1 Å². The lowest BCUT2D eigenvalue weighted by molar-refractivity contribution is -0.163. The molecule has 1 saturated heterocycles. The molecule has 1 N–H and O–H groups in total. The summed E-state index contributed by atoms with van der Waals surface area (Å²) < 4.78 is 10.7. The van der Waals surface area contributed by atoms with Gasteiger partial charge in [0.25, 0.3) is 5.91 Å². The molecule has 0 radical (unpaired) electrons. The van der Waals surface area contributed by atoms with E-state index in [1.54, 1.807) is 6.92 Å². The molecule has 0 saturated carbocycles. The van der Waals surface area contributed by atoms with Crippen molar-refractivity contribution >= 4 is 11.9 Å². The molecule has 1 amide bonds. The Balaban J connectivity index is 1.85. The number of nitrogens with zero attached hydrogens (tertiary/aromatic N) is 1. The van der Waals surface area contributed by atoms with Gasteiger partial charge in [-0.25, -0.2) is 4.79 Å². The molecule has 114 valence electrons. The van der Waals surface area contributed by atoms with Gasteiger partial charge >= 0.3 is 5.97 Å². The Bertz CT molecular complexity index is 490. The van der Waals surface area contributed by atoms with E-state index in [2.05, 4.69) is 0 Å². The van der Waals surface area contributed by atoms with E-state index >= 15 is 0 Å². The van der Waals surface area contributed by atoms with Gasteiger partial charge in [-0.1, -0.05) is 30.3 Å². The average molecular weight is 293 g/mol. The van der Waals surface area contributed by atoms with Gasteiger partial charge in [-0.05, 0) is 12.5 Å². The van der Waals surface area contributed by atoms with Crippen LogP contribution in [0.4, 0.5) is 0 Å². The summed E-state index contributed by atoms with van der Waals surface area (Å²) in [5.41, 5.74) is 0.988. The third kappa shape index (κ3) is 4.27. The number of carbonyl (C=O) groups is 2. The van der Waals surface area contributed by atoms with Crippen LogP contribution in [0, 0.1) is 0 Å². The molecule has 0 spiro atoms. The maximum atomic E-state index is 12.2. The van der Waals surface area contributed by atoms with Crippen molar-refractivity contribution in [3.63, 3.8) is 0 Å². The molecular weight excluding hydrogens is 274 g/mol. The number of ether oxygens (including phenoxy) is 2. The number of carboxylic acids is 1. The largest absolute Gasteiger partial charge is 0.479 e. The van der Waals surface area contributed by atoms with Crippen LogP contribution >= 0.6 is 0 Å². The van der Waals surface area contributed by atoms with Gasteiger partial charge in [0.1, 0.15) is 6.10 Å². The summed E-state index contributed by atoms with van der Waals surface area (Å²) >= 11 is 0. The zero-order valence-electron chi connectivity index (χ0n) is 11.9. The van der Waals surface area contributed by atoms with Crippen LogP contribution in [-0.4, -0.2) is 53.8 Å². The molecule has 6 nitrogen and oxygen atoms in total. The minimum absolute atomic E-state index is 0.0627. The highest BCUT2D eigenvalue weighted by atomic mass is 16.5. The number of benzene rings is 1. The maximum Gasteiger partial charge on any atom is 0.334 e. The lowest BCUT2D eigenvalue weighted by Gasteiger charge is -2.32. The van der Waals surface area contributed by atoms with Crippen LogP contribution in [0.1, 0.15) is 12.5 Å². The fourth-order valence-electron chi connectivity index (χ4n) is 2.12. The van der Waals surface area contributed by atoms with E-state index < -0.39 is 18.2 Å². The zero-order chi connectivity index (χ0) is 15.2. The summed E-state index contributed by atoms with van der Waals surface area (Å²) in [4.78, 5) is 24.6. The molecule has 1 heterocycles. The fourth-order valence-corrected chi connectivity index (χ4v) is 2.12. The summed E-state index contributed by atoms with van der Waals surface area (Å²) in [7, 11) is 0. The van der Waals surface area contributed by atoms with Crippen molar-refractivity contribution in [3.05, 3.63) is 35.9 Å². The Hall–Kier alpha value is -1.92. The second-order valence-corrected chi connectivity index (χ2v) is 4.92. The quantitative estimate of drug-likeness (QED) is 0.873. The second kappa shape index (κ2) is 7.19. The highest BCUT2D eigenvalue weighted by molar-refractivity contribution is 5.82. The molecule has 2 atom stereocenters. The SMILES string of the molecule is C[C@@H](OCc1ccccc1)C(=O)N1CCO[C@H](C(=O)O)C1. The summed E-state index contributed by atoms with van der Waals surface area (Å²) in [6, 6.07) is 9.58. The van der Waals surface area contributed by atoms with E-state index in [1.165, 1.54) is 4.90 Å². The molecule has 1 fully saturated rings. The predicted octanol–water partition coefficient (Wildman–Crippen LogP) is 0.904. The number of hydrogen-bond acceptors (Lipinski definition) is 4. The molecule has 0 unspecified atom stereocenters. The molecule has 1 aliphatic rings. The average Bonchev–Trinajstić information content (AvgIpc) is 2.53. The molecule has 21 heavy (non-hydrogen) atoms. The molecule has 1 aromatic rings. The minimum Gasteiger partial charge on any atom is -0.479 e. The first-order valence-electron chi connectivity index (χ1n) is 6.86. The summed E-state index contributed by atoms with van der Waals surface area (Å²) in [5.74, 6) is -1.26. The number of amides is 1. The first-order chi connectivity index (χ1) is 10.1. The van der Waals surface area contributed by atoms with Crippen molar-refractivity contribution < 1.29 is 24.2 Å². The Morgan fingerprint density at radius 2 is 2.14 bits per heavy atom. The minimum atomic E-state index is -1.05. The molecular formula is C15H19NO5. The highest BCUT2D eigenvalue weighted by Crippen LogP contribution is 2.10. The first kappa shape index (κ1) is 15.5. The molecule has 1 aromatic carbocycles. The van der Waals surface area contributed by atoms with Crippen LogP contribution in [0.2, 0.25) is 0 Å². The van der Waals surface area contributed by atoms with E-state index in [0.717, 1.165) is 5.56 Å². The number of rotatable bonds is 5. The van der Waals surface area contributed by atoms with Gasteiger partial charge in [0.2, 0.25) is 0 Å². The number of hydrogen-bond donors (Lipinski definition) is 1. The van der Waals surface area contributed by atoms with Crippen LogP contribution in [0.3, 0.4) is 0 Å². The van der Waals surface area contributed by atoms with E-state index in [-0.39, 0.29) is 19.1 Å². The van der Waals surface area contributed by atoms with Crippen LogP contribution in [0.25, 0.3) is 0 Å². The van der Waals surface area contributed by atoms with Gasteiger partial charge in [-0.3, -0.25) is 4.79 Å². The van der Waals surface area contributed by atoms with Gasteiger partial charge in [0.15, 0.2) is 6.10 Å². The smallest absolute Gasteiger partial charge is 0.334 e. The summed E-state index contributed by atoms with van der Waals surface area (Å²) in [5, 5.41) is 8.93. The van der Waals surface area contributed by atoms with E-state index in [0.29, 0.717) is 13.2 Å². The lowest BCUT2D eigenvalue weighted by atomic mass is 10.2. The summed E-state index contributed by atoms with van der Waals surface area (Å²) in [6.07, 6.45) is -1.57. The third-order valence-corrected chi connectivity index (χ3v) is 3.34. The van der Waals surface area contributed by atoms with E-state index in [9.17, 15) is 9.59 Å². The van der Waals surface area contributed by atoms with Crippen molar-refractivity contribution in [3.8, 4) is 0 Å². The highest BCUT2D eigenvalue weighted by Gasteiger charge is 2.31. The van der Waals surface area contributed by atoms with Gasteiger partial charge < -0.3 is 19.5 Å². The summed E-state index contributed by atoms with van der Waals surface area (Å²) in [6.45, 7) is 2.71. The standard InChI is InChI=1S/C15H19NO5/c1-11(21-10-12-5-3-2-4-6-12)14(17)16-7-8-20-13(9-16)15(18)19/h2-6,11,13H,7-10H2,1H3,(H,18,19)/t11-,13+/m1/s1. The van der Waals surface area contributed by atoms with Crippen LogP contribution < -0.4 is 0 Å². The maximum absolute atomic E-state index is 12.2. The Morgan fingerprint density at radius 1 is 1.43 bits per heavy atom. The molecule has 0 aromatic heterocycles. The van der Waals surface area contributed by atoms with Gasteiger partial charge in [-0.2, -0.15) is 0 Å². The Labute approximate surface area is 123 Å². The molecule has 0 aliphatic carbocycles. The van der Waals surface area contributed by atoms with Gasteiger partial charge in [0, 0.05) is 6.54 Å². The second-order valence-electron chi connectivity index (χ2n) is 4.92. The van der Waals surface area contributed by atoms with Crippen molar-refractivity contribution in [1.82, 2.24) is 4.90 Å². The fraction of sp³-hybridized carbons (Fsp3) is 0.467. The molecule has 2 rings (SSSR count). The van der Waals surface area contributed by atoms with Crippen molar-refractivity contribution in [1.29, 1.82) is 0 Å². The first-order valence-corrected chi connectivity index (χ1v) is 6.86. The van der Waals surface area contributed by atoms with Gasteiger partial charge in [-0.15, -0.1) is 0 Å². The lowest BCUT2D eigenvalue weighted by Crippen LogP contribution is -2.51. The number of carboxylic acid groups (broad SMARTS) is 1. The van der Waals surface area contributed by atoms with Crippen molar-refractivity contribution in [2.75, 3.05) is 19.7 Å². The number of morpholine rings is 1. The zero-order valence-corrected chi connectivity index (χ0v) is 11.9. The molecule has 1 aliphatic heterocycles. The number of aliphatic carboxylic acids is 1. The normalized spacial score (nSPS) is 20.0. The van der Waals surface area contributed by atoms with E-state index in [4.69, 9.17) is 14.6 Å². The number of carbonyl (C=O) groups excluding carboxylic acids is 1. The van der Waals surface area contributed by atoms with Crippen LogP contribution in [-0.2, 0) is 25.7 Å². The van der Waals surface area contributed by atoms with E-state index in [1.807, 2.05) is 30.3 Å². The van der Waals surface area contributed by atoms with Crippen LogP contribution in [0.5, 0.6) is 0 Å². The monoisotopic (exact) mass is 293 g/mol. The van der Waals surface area contributed by atoms with Crippen molar-refractivity contribution in [2.45, 2.75) is 25.7 Å². The molecule has 0 bridgehead atoms. The predicted molar refractivity (Wildman–Crippen MR) is 74.6 cm³/mol. The van der Waals surface area contributed by atoms with Crippen LogP contribution in [0.15, 0.2) is 30.3 Å². The Morgan fingerprint density at radius 3 is 2.81 bits per heavy atom. The van der Waals surface area contributed by atoms with Crippen molar-refractivity contribution in [2.24, 2.45) is 0 Å². The van der Waals surface area contributed by atoms with Gasteiger partial charge in [0.05, 0.1) is 19.8 Å². The Kier molecular flexibility index (Phi) is 5.30. The third-order valence-electron chi connectivity index (χ3n) is 3.34.